The van der Waals surface area contributed by atoms with Crippen LogP contribution in [0.2, 0.25) is 0 Å². The summed E-state index contributed by atoms with van der Waals surface area (Å²) in [5.41, 5.74) is 1.68. The molecule has 38 heavy (non-hydrogen) atoms. The van der Waals surface area contributed by atoms with Crippen LogP contribution in [0.4, 0.5) is 14.5 Å². The van der Waals surface area contributed by atoms with Crippen LogP contribution in [0.1, 0.15) is 62.1 Å². The van der Waals surface area contributed by atoms with Crippen molar-refractivity contribution in [2.24, 2.45) is 0 Å². The Kier molecular flexibility index (Phi) is 9.71. The Morgan fingerprint density at radius 3 is 2.29 bits per heavy atom. The third-order valence-electron chi connectivity index (χ3n) is 6.18. The highest BCUT2D eigenvalue weighted by Crippen LogP contribution is 2.31. The van der Waals surface area contributed by atoms with E-state index in [-0.39, 0.29) is 37.5 Å². The van der Waals surface area contributed by atoms with Crippen molar-refractivity contribution in [3.63, 3.8) is 0 Å². The van der Waals surface area contributed by atoms with Crippen LogP contribution in [0.25, 0.3) is 11.4 Å². The van der Waals surface area contributed by atoms with Crippen molar-refractivity contribution >= 4 is 17.6 Å². The molecule has 0 saturated carbocycles. The summed E-state index contributed by atoms with van der Waals surface area (Å²) in [5.74, 6) is -2.29. The number of imidazole rings is 1. The first-order valence-corrected chi connectivity index (χ1v) is 12.5. The number of anilines is 1. The van der Waals surface area contributed by atoms with Crippen LogP contribution in [0, 0.1) is 11.6 Å². The van der Waals surface area contributed by atoms with Crippen molar-refractivity contribution in [1.29, 1.82) is 0 Å². The Bertz CT molecular complexity index is 1260. The number of hydrogen-bond acceptors (Lipinski definition) is 5. The number of aromatic nitrogens is 2. The van der Waals surface area contributed by atoms with Gasteiger partial charge in [-0.15, -0.1) is 0 Å². The summed E-state index contributed by atoms with van der Waals surface area (Å²) < 4.78 is 29.4. The minimum atomic E-state index is -1.20. The number of halogens is 2. The molecule has 0 radical (unpaired) electrons. The fraction of sp³-hybridized carbons (Fsp3) is 0.393. The molecular formula is C28H33F2N3O5. The summed E-state index contributed by atoms with van der Waals surface area (Å²) in [4.78, 5) is 30.7. The van der Waals surface area contributed by atoms with E-state index in [9.17, 15) is 28.6 Å². The molecule has 204 valence electrons. The maximum absolute atomic E-state index is 13.9. The highest BCUT2D eigenvalue weighted by atomic mass is 19.1. The topological polar surface area (TPSA) is 116 Å². The van der Waals surface area contributed by atoms with E-state index < -0.39 is 42.1 Å². The van der Waals surface area contributed by atoms with Gasteiger partial charge >= 0.3 is 5.97 Å². The van der Waals surface area contributed by atoms with E-state index in [1.54, 1.807) is 29.7 Å². The van der Waals surface area contributed by atoms with E-state index in [0.29, 0.717) is 22.8 Å². The molecule has 3 rings (SSSR count). The van der Waals surface area contributed by atoms with Crippen LogP contribution >= 0.6 is 0 Å². The second-order valence-electron chi connectivity index (χ2n) is 9.44. The Morgan fingerprint density at radius 1 is 1.03 bits per heavy atom. The highest BCUT2D eigenvalue weighted by molar-refractivity contribution is 6.06. The average molecular weight is 530 g/mol. The van der Waals surface area contributed by atoms with Gasteiger partial charge in [-0.05, 0) is 68.1 Å². The lowest BCUT2D eigenvalue weighted by atomic mass is 10.0. The SMILES string of the molecule is CCN(C(=O)c1nc(-c2ccc(F)cc2)n(CC[C@@H](O)C[C@@H](O)CC(=O)O)c1C(C)C)c1cccc(F)c1. The van der Waals surface area contributed by atoms with Gasteiger partial charge in [0.25, 0.3) is 5.91 Å². The van der Waals surface area contributed by atoms with Crippen LogP contribution < -0.4 is 4.90 Å². The number of carbonyl (C=O) groups is 2. The minimum Gasteiger partial charge on any atom is -0.481 e. The summed E-state index contributed by atoms with van der Waals surface area (Å²) in [5, 5.41) is 29.3. The summed E-state index contributed by atoms with van der Waals surface area (Å²) in [6.45, 7) is 6.02. The van der Waals surface area contributed by atoms with E-state index in [1.807, 2.05) is 13.8 Å². The lowest BCUT2D eigenvalue weighted by Gasteiger charge is -2.22. The second-order valence-corrected chi connectivity index (χ2v) is 9.44. The standard InChI is InChI=1S/C28H33F2N3O5/c1-4-32(21-7-5-6-20(30)14-21)28(38)25-26(17(2)3)33(13-12-22(34)15-23(35)16-24(36)37)27(31-25)18-8-10-19(29)11-9-18/h5-11,14,17,22-23,34-35H,4,12-13,15-16H2,1-3H3,(H,36,37)/t22-,23-/m1/s1. The molecule has 1 amide bonds. The Balaban J connectivity index is 2.04. The number of aliphatic hydroxyl groups excluding tert-OH is 2. The van der Waals surface area contributed by atoms with Crippen molar-refractivity contribution < 1.29 is 33.7 Å². The van der Waals surface area contributed by atoms with Crippen LogP contribution in [0.5, 0.6) is 0 Å². The summed E-state index contributed by atoms with van der Waals surface area (Å²) in [7, 11) is 0. The molecule has 2 atom stereocenters. The third-order valence-corrected chi connectivity index (χ3v) is 6.18. The molecule has 1 aromatic heterocycles. The van der Waals surface area contributed by atoms with Gasteiger partial charge in [0.1, 0.15) is 17.5 Å². The Hall–Kier alpha value is -3.63. The van der Waals surface area contributed by atoms with E-state index in [4.69, 9.17) is 5.11 Å². The van der Waals surface area contributed by atoms with Crippen molar-refractivity contribution in [2.75, 3.05) is 11.4 Å². The maximum Gasteiger partial charge on any atom is 0.305 e. The van der Waals surface area contributed by atoms with Crippen LogP contribution in [-0.2, 0) is 11.3 Å². The van der Waals surface area contributed by atoms with Crippen molar-refractivity contribution in [3.05, 3.63) is 71.6 Å². The van der Waals surface area contributed by atoms with Gasteiger partial charge in [-0.3, -0.25) is 9.59 Å². The molecule has 0 saturated heterocycles. The van der Waals surface area contributed by atoms with Gasteiger partial charge in [-0.2, -0.15) is 0 Å². The van der Waals surface area contributed by atoms with E-state index >= 15 is 0 Å². The van der Waals surface area contributed by atoms with Crippen LogP contribution in [-0.4, -0.2) is 55.5 Å². The maximum atomic E-state index is 13.9. The summed E-state index contributed by atoms with van der Waals surface area (Å²) >= 11 is 0. The predicted octanol–water partition coefficient (Wildman–Crippen LogP) is 4.60. The number of aliphatic hydroxyl groups is 2. The van der Waals surface area contributed by atoms with Crippen molar-refractivity contribution in [1.82, 2.24) is 9.55 Å². The summed E-state index contributed by atoms with van der Waals surface area (Å²) in [6, 6.07) is 11.4. The number of aliphatic carboxylic acids is 1. The first-order valence-electron chi connectivity index (χ1n) is 12.5. The monoisotopic (exact) mass is 529 g/mol. The number of hydrogen-bond donors (Lipinski definition) is 3. The Labute approximate surface area is 220 Å². The number of nitrogens with zero attached hydrogens (tertiary/aromatic N) is 3. The minimum absolute atomic E-state index is 0.126. The van der Waals surface area contributed by atoms with Crippen molar-refractivity contribution in [2.45, 2.75) is 64.7 Å². The highest BCUT2D eigenvalue weighted by Gasteiger charge is 2.29. The lowest BCUT2D eigenvalue weighted by Crippen LogP contribution is -2.32. The number of carbonyl (C=O) groups excluding carboxylic acids is 1. The van der Waals surface area contributed by atoms with Gasteiger partial charge < -0.3 is 24.8 Å². The molecule has 0 aliphatic carbocycles. The molecule has 0 unspecified atom stereocenters. The first-order chi connectivity index (χ1) is 18.0. The van der Waals surface area contributed by atoms with Gasteiger partial charge in [0.2, 0.25) is 0 Å². The number of carboxylic acids is 1. The number of amides is 1. The molecule has 0 aliphatic rings. The zero-order chi connectivity index (χ0) is 28.0. The smallest absolute Gasteiger partial charge is 0.305 e. The van der Waals surface area contributed by atoms with Crippen molar-refractivity contribution in [3.8, 4) is 11.4 Å². The molecule has 3 aromatic rings. The molecule has 1 heterocycles. The number of benzene rings is 2. The first kappa shape index (κ1) is 28.9. The fourth-order valence-corrected chi connectivity index (χ4v) is 4.46. The van der Waals surface area contributed by atoms with Gasteiger partial charge in [-0.1, -0.05) is 19.9 Å². The van der Waals surface area contributed by atoms with Gasteiger partial charge in [0.15, 0.2) is 5.69 Å². The molecular weight excluding hydrogens is 496 g/mol. The molecule has 10 heteroatoms. The predicted molar refractivity (Wildman–Crippen MR) is 139 cm³/mol. The number of carboxylic acid groups (broad SMARTS) is 1. The largest absolute Gasteiger partial charge is 0.481 e. The van der Waals surface area contributed by atoms with E-state index in [1.165, 1.54) is 35.2 Å². The fourth-order valence-electron chi connectivity index (χ4n) is 4.46. The van der Waals surface area contributed by atoms with Gasteiger partial charge in [-0.25, -0.2) is 13.8 Å². The normalized spacial score (nSPS) is 12.9. The van der Waals surface area contributed by atoms with Crippen LogP contribution in [0.3, 0.4) is 0 Å². The number of rotatable bonds is 12. The Morgan fingerprint density at radius 2 is 1.71 bits per heavy atom. The molecule has 0 fully saturated rings. The molecule has 0 spiro atoms. The zero-order valence-corrected chi connectivity index (χ0v) is 21.6. The molecule has 8 nitrogen and oxygen atoms in total. The molecule has 0 bridgehead atoms. The van der Waals surface area contributed by atoms with Gasteiger partial charge in [0, 0.05) is 24.3 Å². The third kappa shape index (κ3) is 7.02. The zero-order valence-electron chi connectivity index (χ0n) is 21.6. The quantitative estimate of drug-likeness (QED) is 0.316. The second kappa shape index (κ2) is 12.7. The lowest BCUT2D eigenvalue weighted by molar-refractivity contribution is -0.139. The molecule has 3 N–H and O–H groups in total. The van der Waals surface area contributed by atoms with E-state index in [2.05, 4.69) is 4.98 Å². The van der Waals surface area contributed by atoms with Crippen LogP contribution in [0.15, 0.2) is 48.5 Å². The molecule has 2 aromatic carbocycles. The molecule has 0 aliphatic heterocycles. The summed E-state index contributed by atoms with van der Waals surface area (Å²) in [6.07, 6.45) is -2.67. The van der Waals surface area contributed by atoms with E-state index in [0.717, 1.165) is 0 Å². The average Bonchev–Trinajstić information content (AvgIpc) is 3.23. The van der Waals surface area contributed by atoms with Gasteiger partial charge in [0.05, 0.1) is 24.3 Å².